The van der Waals surface area contributed by atoms with Crippen molar-refractivity contribution in [2.24, 2.45) is 0 Å². The van der Waals surface area contributed by atoms with Crippen LogP contribution in [-0.2, 0) is 6.54 Å². The summed E-state index contributed by atoms with van der Waals surface area (Å²) in [5.74, 6) is 1.96. The van der Waals surface area contributed by atoms with Crippen molar-refractivity contribution >= 4 is 0 Å². The van der Waals surface area contributed by atoms with Gasteiger partial charge in [0, 0.05) is 6.04 Å². The van der Waals surface area contributed by atoms with Crippen molar-refractivity contribution in [3.63, 3.8) is 0 Å². The first kappa shape index (κ1) is 10.1. The highest BCUT2D eigenvalue weighted by atomic mass is 16.3. The fourth-order valence-electron chi connectivity index (χ4n) is 1.19. The zero-order valence-corrected chi connectivity index (χ0v) is 8.34. The molecule has 72 valence electrons. The van der Waals surface area contributed by atoms with Crippen molar-refractivity contribution in [2.45, 2.75) is 32.9 Å². The molecule has 1 aromatic rings. The maximum atomic E-state index is 5.42. The van der Waals surface area contributed by atoms with Gasteiger partial charge < -0.3 is 9.73 Å². The molecule has 0 saturated heterocycles. The van der Waals surface area contributed by atoms with Gasteiger partial charge in [-0.15, -0.1) is 6.58 Å². The summed E-state index contributed by atoms with van der Waals surface area (Å²) in [4.78, 5) is 0. The first-order valence-electron chi connectivity index (χ1n) is 4.62. The first-order valence-corrected chi connectivity index (χ1v) is 4.62. The van der Waals surface area contributed by atoms with Crippen molar-refractivity contribution in [1.29, 1.82) is 0 Å². The van der Waals surface area contributed by atoms with E-state index >= 15 is 0 Å². The zero-order valence-electron chi connectivity index (χ0n) is 8.34. The first-order chi connectivity index (χ1) is 6.22. The van der Waals surface area contributed by atoms with Crippen LogP contribution >= 0.6 is 0 Å². The van der Waals surface area contributed by atoms with E-state index in [-0.39, 0.29) is 0 Å². The molecule has 0 radical (unpaired) electrons. The van der Waals surface area contributed by atoms with E-state index in [1.807, 2.05) is 25.1 Å². The van der Waals surface area contributed by atoms with Gasteiger partial charge in [-0.2, -0.15) is 0 Å². The molecule has 2 heteroatoms. The van der Waals surface area contributed by atoms with Crippen LogP contribution in [0.4, 0.5) is 0 Å². The standard InChI is InChI=1S/C11H17NO/c1-4-5-9(2)12-8-11-7-6-10(3)13-11/h4,6-7,9,12H,1,5,8H2,2-3H3. The van der Waals surface area contributed by atoms with E-state index in [2.05, 4.69) is 18.8 Å². The van der Waals surface area contributed by atoms with E-state index in [1.54, 1.807) is 0 Å². The van der Waals surface area contributed by atoms with Crippen molar-refractivity contribution in [2.75, 3.05) is 0 Å². The molecule has 0 amide bonds. The van der Waals surface area contributed by atoms with E-state index in [4.69, 9.17) is 4.42 Å². The Morgan fingerprint density at radius 1 is 1.62 bits per heavy atom. The van der Waals surface area contributed by atoms with Gasteiger partial charge in [0.05, 0.1) is 6.54 Å². The summed E-state index contributed by atoms with van der Waals surface area (Å²) in [6.07, 6.45) is 2.91. The van der Waals surface area contributed by atoms with Crippen LogP contribution < -0.4 is 5.32 Å². The number of hydrogen-bond donors (Lipinski definition) is 1. The maximum Gasteiger partial charge on any atom is 0.117 e. The summed E-state index contributed by atoms with van der Waals surface area (Å²) in [6.45, 7) is 8.58. The molecule has 0 spiro atoms. The van der Waals surface area contributed by atoms with Crippen molar-refractivity contribution in [3.05, 3.63) is 36.3 Å². The molecular weight excluding hydrogens is 162 g/mol. The monoisotopic (exact) mass is 179 g/mol. The van der Waals surface area contributed by atoms with Crippen LogP contribution in [0.2, 0.25) is 0 Å². The van der Waals surface area contributed by atoms with Gasteiger partial charge >= 0.3 is 0 Å². The SMILES string of the molecule is C=CCC(C)NCc1ccc(C)o1. The van der Waals surface area contributed by atoms with E-state index < -0.39 is 0 Å². The van der Waals surface area contributed by atoms with Gasteiger partial charge in [-0.1, -0.05) is 6.08 Å². The Morgan fingerprint density at radius 3 is 2.92 bits per heavy atom. The lowest BCUT2D eigenvalue weighted by Gasteiger charge is -2.09. The van der Waals surface area contributed by atoms with Gasteiger partial charge in [-0.05, 0) is 32.4 Å². The highest BCUT2D eigenvalue weighted by molar-refractivity contribution is 5.05. The quantitative estimate of drug-likeness (QED) is 0.703. The molecule has 1 rings (SSSR count). The fraction of sp³-hybridized carbons (Fsp3) is 0.455. The normalized spacial score (nSPS) is 12.8. The third kappa shape index (κ3) is 3.47. The Balaban J connectivity index is 2.30. The van der Waals surface area contributed by atoms with Crippen LogP contribution in [0.5, 0.6) is 0 Å². The summed E-state index contributed by atoms with van der Waals surface area (Å²) in [6, 6.07) is 4.45. The molecule has 0 bridgehead atoms. The minimum atomic E-state index is 0.461. The van der Waals surface area contributed by atoms with Crippen LogP contribution in [0.1, 0.15) is 24.9 Å². The van der Waals surface area contributed by atoms with Crippen LogP contribution in [-0.4, -0.2) is 6.04 Å². The lowest BCUT2D eigenvalue weighted by atomic mass is 10.2. The van der Waals surface area contributed by atoms with Gasteiger partial charge in [0.2, 0.25) is 0 Å². The Morgan fingerprint density at radius 2 is 2.38 bits per heavy atom. The minimum Gasteiger partial charge on any atom is -0.465 e. The molecule has 1 N–H and O–H groups in total. The Kier molecular flexibility index (Phi) is 3.77. The third-order valence-electron chi connectivity index (χ3n) is 1.94. The second-order valence-corrected chi connectivity index (χ2v) is 3.32. The second kappa shape index (κ2) is 4.87. The predicted molar refractivity (Wildman–Crippen MR) is 54.6 cm³/mol. The summed E-state index contributed by atoms with van der Waals surface area (Å²) in [5.41, 5.74) is 0. The van der Waals surface area contributed by atoms with Crippen LogP contribution in [0.3, 0.4) is 0 Å². The van der Waals surface area contributed by atoms with Crippen molar-refractivity contribution < 1.29 is 4.42 Å². The summed E-state index contributed by atoms with van der Waals surface area (Å²) < 4.78 is 5.42. The van der Waals surface area contributed by atoms with Gasteiger partial charge in [-0.3, -0.25) is 0 Å². The van der Waals surface area contributed by atoms with E-state index in [1.165, 1.54) is 0 Å². The molecule has 2 nitrogen and oxygen atoms in total. The lowest BCUT2D eigenvalue weighted by Crippen LogP contribution is -2.24. The summed E-state index contributed by atoms with van der Waals surface area (Å²) in [7, 11) is 0. The number of nitrogens with one attached hydrogen (secondary N) is 1. The van der Waals surface area contributed by atoms with Gasteiger partial charge in [-0.25, -0.2) is 0 Å². The molecule has 1 heterocycles. The van der Waals surface area contributed by atoms with E-state index in [9.17, 15) is 0 Å². The molecule has 0 aliphatic rings. The van der Waals surface area contributed by atoms with Gasteiger partial charge in [0.25, 0.3) is 0 Å². The number of aryl methyl sites for hydroxylation is 1. The molecular formula is C11H17NO. The molecule has 0 aliphatic heterocycles. The fourth-order valence-corrected chi connectivity index (χ4v) is 1.19. The minimum absolute atomic E-state index is 0.461. The lowest BCUT2D eigenvalue weighted by molar-refractivity contribution is 0.441. The largest absolute Gasteiger partial charge is 0.465 e. The van der Waals surface area contributed by atoms with E-state index in [0.717, 1.165) is 24.5 Å². The summed E-state index contributed by atoms with van der Waals surface area (Å²) in [5, 5.41) is 3.35. The highest BCUT2D eigenvalue weighted by Gasteiger charge is 2.01. The molecule has 0 saturated carbocycles. The average Bonchev–Trinajstić information content (AvgIpc) is 2.49. The predicted octanol–water partition coefficient (Wildman–Crippen LogP) is 2.64. The van der Waals surface area contributed by atoms with Crippen molar-refractivity contribution in [1.82, 2.24) is 5.32 Å². The van der Waals surface area contributed by atoms with Crippen molar-refractivity contribution in [3.8, 4) is 0 Å². The van der Waals surface area contributed by atoms with Gasteiger partial charge in [0.1, 0.15) is 11.5 Å². The van der Waals surface area contributed by atoms with Crippen LogP contribution in [0.15, 0.2) is 29.2 Å². The molecule has 13 heavy (non-hydrogen) atoms. The second-order valence-electron chi connectivity index (χ2n) is 3.32. The topological polar surface area (TPSA) is 25.2 Å². The molecule has 0 aliphatic carbocycles. The number of furan rings is 1. The molecule has 0 aromatic carbocycles. The maximum absolute atomic E-state index is 5.42. The summed E-state index contributed by atoms with van der Waals surface area (Å²) >= 11 is 0. The Bertz CT molecular complexity index is 265. The smallest absolute Gasteiger partial charge is 0.117 e. The zero-order chi connectivity index (χ0) is 9.68. The van der Waals surface area contributed by atoms with Crippen LogP contribution in [0.25, 0.3) is 0 Å². The Labute approximate surface area is 79.6 Å². The average molecular weight is 179 g/mol. The van der Waals surface area contributed by atoms with E-state index in [0.29, 0.717) is 6.04 Å². The number of rotatable bonds is 5. The third-order valence-corrected chi connectivity index (χ3v) is 1.94. The molecule has 0 fully saturated rings. The molecule has 1 unspecified atom stereocenters. The number of hydrogen-bond acceptors (Lipinski definition) is 2. The molecule has 1 aromatic heterocycles. The van der Waals surface area contributed by atoms with Crippen LogP contribution in [0, 0.1) is 6.92 Å². The highest BCUT2D eigenvalue weighted by Crippen LogP contribution is 2.06. The Hall–Kier alpha value is -1.02. The molecule has 1 atom stereocenters. The van der Waals surface area contributed by atoms with Gasteiger partial charge in [0.15, 0.2) is 0 Å².